The third-order valence-electron chi connectivity index (χ3n) is 5.50. The van der Waals surface area contributed by atoms with E-state index in [0.29, 0.717) is 37.3 Å². The number of aliphatic carboxylic acids is 1. The second-order valence-corrected chi connectivity index (χ2v) is 7.66. The number of halogens is 2. The van der Waals surface area contributed by atoms with Crippen molar-refractivity contribution in [3.8, 4) is 0 Å². The molecule has 1 aliphatic carbocycles. The lowest BCUT2D eigenvalue weighted by atomic mass is 9.92. The van der Waals surface area contributed by atoms with Gasteiger partial charge in [-0.05, 0) is 59.5 Å². The van der Waals surface area contributed by atoms with E-state index in [1.807, 2.05) is 11.0 Å². The first-order chi connectivity index (χ1) is 15.4. The average Bonchev–Trinajstić information content (AvgIpc) is 3.13. The molecule has 2 aromatic carbocycles. The van der Waals surface area contributed by atoms with Gasteiger partial charge in [0, 0.05) is 19.2 Å². The molecule has 2 aliphatic rings. The number of rotatable bonds is 8. The van der Waals surface area contributed by atoms with E-state index < -0.39 is 11.8 Å². The summed E-state index contributed by atoms with van der Waals surface area (Å²) in [6.45, 7) is 0.768. The fourth-order valence-corrected chi connectivity index (χ4v) is 3.86. The molecular weight excluding hydrogens is 416 g/mol. The van der Waals surface area contributed by atoms with Crippen molar-refractivity contribution < 1.29 is 28.2 Å². The van der Waals surface area contributed by atoms with Gasteiger partial charge in [-0.1, -0.05) is 24.3 Å². The van der Waals surface area contributed by atoms with E-state index in [4.69, 9.17) is 4.74 Å². The van der Waals surface area contributed by atoms with E-state index >= 15 is 0 Å². The van der Waals surface area contributed by atoms with Crippen LogP contribution in [-0.2, 0) is 27.3 Å². The van der Waals surface area contributed by atoms with Gasteiger partial charge >= 0.3 is 5.97 Å². The molecule has 0 radical (unpaired) electrons. The lowest BCUT2D eigenvalue weighted by molar-refractivity contribution is -0.147. The smallest absolute Gasteiger partial charge is 0.377 e. The van der Waals surface area contributed by atoms with Gasteiger partial charge in [0.05, 0.1) is 18.2 Å². The number of hydrogen-bond acceptors (Lipinski definition) is 4. The third kappa shape index (κ3) is 4.77. The summed E-state index contributed by atoms with van der Waals surface area (Å²) in [6.07, 6.45) is 6.28. The molecule has 0 aromatic heterocycles. The number of carbonyl (C=O) groups is 2. The molecular formula is C25H21F2NO4. The number of carboxylic acids is 1. The summed E-state index contributed by atoms with van der Waals surface area (Å²) < 4.78 is 32.1. The topological polar surface area (TPSA) is 66.8 Å². The zero-order chi connectivity index (χ0) is 22.7. The van der Waals surface area contributed by atoms with E-state index in [1.54, 1.807) is 36.5 Å². The highest BCUT2D eigenvalue weighted by molar-refractivity contribution is 6.41. The molecule has 1 atom stereocenters. The monoisotopic (exact) mass is 437 g/mol. The summed E-state index contributed by atoms with van der Waals surface area (Å²) in [5.41, 5.74) is 2.49. The van der Waals surface area contributed by atoms with Gasteiger partial charge in [0.15, 0.2) is 0 Å². The average molecular weight is 437 g/mol. The summed E-state index contributed by atoms with van der Waals surface area (Å²) in [6, 6.07) is 12.0. The van der Waals surface area contributed by atoms with Gasteiger partial charge in [-0.3, -0.25) is 4.79 Å². The van der Waals surface area contributed by atoms with Crippen LogP contribution in [0.1, 0.15) is 17.5 Å². The molecule has 1 heterocycles. The number of allylic oxidation sites excluding steroid dienone is 1. The minimum absolute atomic E-state index is 0.123. The highest BCUT2D eigenvalue weighted by atomic mass is 19.1. The number of nitrogens with zero attached hydrogens (tertiary/aromatic N) is 1. The highest BCUT2D eigenvalue weighted by Gasteiger charge is 2.36. The molecule has 0 amide bonds. The maximum atomic E-state index is 13.2. The van der Waals surface area contributed by atoms with Crippen LogP contribution in [0.3, 0.4) is 0 Å². The quantitative estimate of drug-likeness (QED) is 0.629. The Bertz CT molecular complexity index is 1120. The van der Waals surface area contributed by atoms with Crippen molar-refractivity contribution in [2.45, 2.75) is 25.4 Å². The van der Waals surface area contributed by atoms with Crippen molar-refractivity contribution in [2.75, 3.05) is 6.61 Å². The van der Waals surface area contributed by atoms with Gasteiger partial charge < -0.3 is 14.7 Å². The zero-order valence-corrected chi connectivity index (χ0v) is 17.1. The van der Waals surface area contributed by atoms with Crippen LogP contribution in [0, 0.1) is 11.6 Å². The Morgan fingerprint density at radius 1 is 1.00 bits per heavy atom. The lowest BCUT2D eigenvalue weighted by Crippen LogP contribution is -2.29. The lowest BCUT2D eigenvalue weighted by Gasteiger charge is -2.28. The third-order valence-corrected chi connectivity index (χ3v) is 5.50. The van der Waals surface area contributed by atoms with Crippen molar-refractivity contribution in [2.24, 2.45) is 0 Å². The molecule has 1 unspecified atom stereocenters. The van der Waals surface area contributed by atoms with Crippen LogP contribution in [0.25, 0.3) is 0 Å². The maximum absolute atomic E-state index is 13.2. The Balaban J connectivity index is 1.48. The molecule has 1 aliphatic heterocycles. The van der Waals surface area contributed by atoms with Crippen LogP contribution < -0.4 is 0 Å². The van der Waals surface area contributed by atoms with Gasteiger partial charge in [-0.15, -0.1) is 0 Å². The summed E-state index contributed by atoms with van der Waals surface area (Å²) in [4.78, 5) is 25.5. The van der Waals surface area contributed by atoms with Crippen molar-refractivity contribution in [3.63, 3.8) is 0 Å². The number of Topliss-reactive ketones (excluding diaryl/α,β-unsaturated/α-hetero) is 1. The summed E-state index contributed by atoms with van der Waals surface area (Å²) in [5.74, 6) is -2.57. The number of benzene rings is 2. The van der Waals surface area contributed by atoms with Gasteiger partial charge in [-0.25, -0.2) is 13.6 Å². The highest BCUT2D eigenvalue weighted by Crippen LogP contribution is 2.36. The van der Waals surface area contributed by atoms with Gasteiger partial charge in [0.2, 0.25) is 0 Å². The molecule has 0 bridgehead atoms. The molecule has 4 rings (SSSR count). The van der Waals surface area contributed by atoms with Crippen LogP contribution in [0.15, 0.2) is 83.8 Å². The largest absolute Gasteiger partial charge is 0.494 e. The standard InChI is InChI=1S/C25H21F2NO4/c26-18-5-1-16(2-6-18)11-12-32-20-9-10-23-21(13-20)22(24(29)25(30)31)15-28(23)14-17-3-7-19(27)8-4-17/h1-9,13,15,23H,10-12,14H2,(H,30,31). The number of ketones is 1. The van der Waals surface area contributed by atoms with E-state index in [2.05, 4.69) is 0 Å². The first kappa shape index (κ1) is 21.5. The number of ether oxygens (including phenoxy) is 1. The maximum Gasteiger partial charge on any atom is 0.377 e. The number of carboxylic acid groups (broad SMARTS) is 1. The molecule has 32 heavy (non-hydrogen) atoms. The SMILES string of the molecule is O=C(O)C(=O)C1=CN(Cc2ccc(F)cc2)C2CC=C(OCCc3ccc(F)cc3)C=C12. The van der Waals surface area contributed by atoms with Gasteiger partial charge in [0.1, 0.15) is 17.4 Å². The van der Waals surface area contributed by atoms with Crippen molar-refractivity contribution in [1.29, 1.82) is 0 Å². The normalized spacial score (nSPS) is 17.2. The van der Waals surface area contributed by atoms with Gasteiger partial charge in [0.25, 0.3) is 5.78 Å². The molecule has 7 heteroatoms. The summed E-state index contributed by atoms with van der Waals surface area (Å²) in [7, 11) is 0. The Hall–Kier alpha value is -3.74. The molecule has 0 spiro atoms. The first-order valence-electron chi connectivity index (χ1n) is 10.2. The van der Waals surface area contributed by atoms with Crippen LogP contribution >= 0.6 is 0 Å². The predicted octanol–water partition coefficient (Wildman–Crippen LogP) is 4.16. The number of fused-ring (bicyclic) bond motifs is 1. The Labute approximate surface area is 183 Å². The molecule has 2 aromatic rings. The molecule has 1 N–H and O–H groups in total. The van der Waals surface area contributed by atoms with Crippen LogP contribution in [0.4, 0.5) is 8.78 Å². The molecule has 5 nitrogen and oxygen atoms in total. The fourth-order valence-electron chi connectivity index (χ4n) is 3.86. The molecule has 0 saturated carbocycles. The Kier molecular flexibility index (Phi) is 6.16. The van der Waals surface area contributed by atoms with Crippen LogP contribution in [0.2, 0.25) is 0 Å². The Morgan fingerprint density at radius 3 is 2.25 bits per heavy atom. The fraction of sp³-hybridized carbons (Fsp3) is 0.200. The Morgan fingerprint density at radius 2 is 1.62 bits per heavy atom. The van der Waals surface area contributed by atoms with Crippen molar-refractivity contribution in [3.05, 3.63) is 107 Å². The van der Waals surface area contributed by atoms with Gasteiger partial charge in [-0.2, -0.15) is 0 Å². The molecule has 164 valence electrons. The van der Waals surface area contributed by atoms with Crippen LogP contribution in [-0.4, -0.2) is 34.4 Å². The van der Waals surface area contributed by atoms with E-state index in [-0.39, 0.29) is 23.2 Å². The molecule has 0 fully saturated rings. The number of carbonyl (C=O) groups excluding carboxylic acids is 1. The van der Waals surface area contributed by atoms with Crippen LogP contribution in [0.5, 0.6) is 0 Å². The van der Waals surface area contributed by atoms with E-state index in [0.717, 1.165) is 11.1 Å². The predicted molar refractivity (Wildman–Crippen MR) is 113 cm³/mol. The van der Waals surface area contributed by atoms with E-state index in [1.165, 1.54) is 24.3 Å². The second kappa shape index (κ2) is 9.18. The van der Waals surface area contributed by atoms with Crippen molar-refractivity contribution in [1.82, 2.24) is 4.90 Å². The van der Waals surface area contributed by atoms with E-state index in [9.17, 15) is 23.5 Å². The summed E-state index contributed by atoms with van der Waals surface area (Å²) in [5, 5.41) is 9.24. The minimum Gasteiger partial charge on any atom is -0.494 e. The zero-order valence-electron chi connectivity index (χ0n) is 17.1. The first-order valence-corrected chi connectivity index (χ1v) is 10.2. The second-order valence-electron chi connectivity index (χ2n) is 7.66. The minimum atomic E-state index is -1.52. The molecule has 0 saturated heterocycles. The number of hydrogen-bond donors (Lipinski definition) is 1. The van der Waals surface area contributed by atoms with Crippen molar-refractivity contribution >= 4 is 11.8 Å². The summed E-state index contributed by atoms with van der Waals surface area (Å²) >= 11 is 0.